The molecule has 0 amide bonds. The predicted molar refractivity (Wildman–Crippen MR) is 35.9 cm³/mol. The van der Waals surface area contributed by atoms with Crippen LogP contribution in [0.25, 0.3) is 0 Å². The summed E-state index contributed by atoms with van der Waals surface area (Å²) < 4.78 is 0. The number of nitrogens with zero attached hydrogens (tertiary/aromatic N) is 1. The van der Waals surface area contributed by atoms with Gasteiger partial charge in [0.15, 0.2) is 5.69 Å². The van der Waals surface area contributed by atoms with Crippen molar-refractivity contribution in [1.29, 1.82) is 0 Å². The second-order valence-electron chi connectivity index (χ2n) is 1.97. The minimum absolute atomic E-state index is 0. The molecule has 0 aliphatic carbocycles. The Bertz CT molecular complexity index is 262. The topological polar surface area (TPSA) is 50.2 Å². The van der Waals surface area contributed by atoms with Crippen molar-refractivity contribution < 1.29 is 27.0 Å². The summed E-state index contributed by atoms with van der Waals surface area (Å²) in [6.45, 7) is 1.72. The van der Waals surface area contributed by atoms with Crippen LogP contribution in [0.2, 0.25) is 0 Å². The summed E-state index contributed by atoms with van der Waals surface area (Å²) in [6, 6.07) is 3.43. The second kappa shape index (κ2) is 4.11. The molecule has 1 N–H and O–H groups in total. The molecular formula is C7H7CuNO2+2. The van der Waals surface area contributed by atoms with Gasteiger partial charge in [0.2, 0.25) is 0 Å². The Hall–Kier alpha value is -0.861. The number of aromatic carboxylic acids is 1. The Morgan fingerprint density at radius 1 is 1.64 bits per heavy atom. The molecule has 0 spiro atoms. The molecule has 4 heteroatoms. The van der Waals surface area contributed by atoms with Gasteiger partial charge in [-0.05, 0) is 18.6 Å². The maximum absolute atomic E-state index is 10.4. The Kier molecular flexibility index (Phi) is 3.79. The van der Waals surface area contributed by atoms with E-state index in [0.717, 1.165) is 0 Å². The van der Waals surface area contributed by atoms with Gasteiger partial charge in [-0.3, -0.25) is 0 Å². The van der Waals surface area contributed by atoms with Crippen LogP contribution in [0.1, 0.15) is 16.1 Å². The number of pyridine rings is 1. The molecule has 0 aromatic carbocycles. The number of hydrogen-bond donors (Lipinski definition) is 1. The standard InChI is InChI=1S/C7H7NO2.Cu/c1-5-3-2-4-8-6(5)7(9)10;/h2-4H,1H3,(H,9,10);/q;+2. The monoisotopic (exact) mass is 200 g/mol. The zero-order valence-electron chi connectivity index (χ0n) is 5.84. The molecule has 0 bridgehead atoms. The first-order valence-electron chi connectivity index (χ1n) is 2.86. The number of aryl methyl sites for hydroxylation is 1. The van der Waals surface area contributed by atoms with Crippen LogP contribution in [0.3, 0.4) is 0 Å². The van der Waals surface area contributed by atoms with E-state index in [2.05, 4.69) is 4.98 Å². The summed E-state index contributed by atoms with van der Waals surface area (Å²) >= 11 is 0. The molecule has 0 aliphatic heterocycles. The molecule has 0 atom stereocenters. The van der Waals surface area contributed by atoms with Crippen LogP contribution in [0.15, 0.2) is 18.3 Å². The number of aromatic nitrogens is 1. The predicted octanol–water partition coefficient (Wildman–Crippen LogP) is 1.09. The molecule has 0 unspecified atom stereocenters. The van der Waals surface area contributed by atoms with Crippen LogP contribution in [-0.2, 0) is 17.1 Å². The third-order valence-electron chi connectivity index (χ3n) is 1.21. The van der Waals surface area contributed by atoms with Crippen molar-refractivity contribution in [3.05, 3.63) is 29.6 Å². The molecule has 0 saturated heterocycles. The largest absolute Gasteiger partial charge is 2.00 e. The van der Waals surface area contributed by atoms with Gasteiger partial charge in [0.05, 0.1) is 0 Å². The van der Waals surface area contributed by atoms with Crippen molar-refractivity contribution >= 4 is 5.97 Å². The van der Waals surface area contributed by atoms with Gasteiger partial charge >= 0.3 is 23.0 Å². The maximum Gasteiger partial charge on any atom is 2.00 e. The molecule has 11 heavy (non-hydrogen) atoms. The van der Waals surface area contributed by atoms with Crippen LogP contribution in [0.5, 0.6) is 0 Å². The van der Waals surface area contributed by atoms with Crippen LogP contribution in [0.4, 0.5) is 0 Å². The SMILES string of the molecule is Cc1cccnc1C(=O)O.[Cu+2]. The van der Waals surface area contributed by atoms with Gasteiger partial charge < -0.3 is 5.11 Å². The van der Waals surface area contributed by atoms with E-state index in [1.165, 1.54) is 6.20 Å². The van der Waals surface area contributed by atoms with E-state index in [-0.39, 0.29) is 22.8 Å². The summed E-state index contributed by atoms with van der Waals surface area (Å²) in [4.78, 5) is 14.0. The van der Waals surface area contributed by atoms with Crippen LogP contribution in [0, 0.1) is 6.92 Å². The van der Waals surface area contributed by atoms with Gasteiger partial charge in [0, 0.05) is 6.20 Å². The summed E-state index contributed by atoms with van der Waals surface area (Å²) in [5.74, 6) is -0.974. The number of carbonyl (C=O) groups is 1. The van der Waals surface area contributed by atoms with Gasteiger partial charge in [0.1, 0.15) is 0 Å². The smallest absolute Gasteiger partial charge is 0.477 e. The normalized spacial score (nSPS) is 8.45. The van der Waals surface area contributed by atoms with Crippen molar-refractivity contribution in [2.75, 3.05) is 0 Å². The fourth-order valence-corrected chi connectivity index (χ4v) is 0.710. The zero-order chi connectivity index (χ0) is 7.56. The maximum atomic E-state index is 10.4. The molecule has 1 aromatic rings. The Morgan fingerprint density at radius 3 is 2.64 bits per heavy atom. The fourth-order valence-electron chi connectivity index (χ4n) is 0.710. The number of rotatable bonds is 1. The Morgan fingerprint density at radius 2 is 2.27 bits per heavy atom. The van der Waals surface area contributed by atoms with Crippen molar-refractivity contribution in [1.82, 2.24) is 4.98 Å². The number of hydrogen-bond acceptors (Lipinski definition) is 2. The molecule has 3 nitrogen and oxygen atoms in total. The van der Waals surface area contributed by atoms with Crippen LogP contribution in [-0.4, -0.2) is 16.1 Å². The first kappa shape index (κ1) is 10.1. The van der Waals surface area contributed by atoms with Gasteiger partial charge in [-0.1, -0.05) is 6.07 Å². The number of carboxylic acids is 1. The van der Waals surface area contributed by atoms with E-state index in [9.17, 15) is 4.79 Å². The molecule has 1 radical (unpaired) electrons. The first-order valence-corrected chi connectivity index (χ1v) is 2.86. The average Bonchev–Trinajstić information content (AvgIpc) is 1.88. The molecular weight excluding hydrogens is 194 g/mol. The van der Waals surface area contributed by atoms with Gasteiger partial charge in [-0.2, -0.15) is 0 Å². The second-order valence-corrected chi connectivity index (χ2v) is 1.97. The van der Waals surface area contributed by atoms with E-state index < -0.39 is 5.97 Å². The summed E-state index contributed by atoms with van der Waals surface area (Å²) in [5, 5.41) is 8.50. The summed E-state index contributed by atoms with van der Waals surface area (Å²) in [7, 11) is 0. The van der Waals surface area contributed by atoms with Crippen molar-refractivity contribution in [3.63, 3.8) is 0 Å². The Balaban J connectivity index is 0.000001000. The fraction of sp³-hybridized carbons (Fsp3) is 0.143. The average molecular weight is 201 g/mol. The quantitative estimate of drug-likeness (QED) is 0.691. The van der Waals surface area contributed by atoms with Crippen LogP contribution >= 0.6 is 0 Å². The molecule has 1 aromatic heterocycles. The summed E-state index contributed by atoms with van der Waals surface area (Å²) in [6.07, 6.45) is 1.47. The van der Waals surface area contributed by atoms with E-state index >= 15 is 0 Å². The van der Waals surface area contributed by atoms with Crippen molar-refractivity contribution in [2.45, 2.75) is 6.92 Å². The van der Waals surface area contributed by atoms with E-state index in [4.69, 9.17) is 5.11 Å². The summed E-state index contributed by atoms with van der Waals surface area (Å²) in [5.41, 5.74) is 0.817. The van der Waals surface area contributed by atoms with Gasteiger partial charge in [-0.25, -0.2) is 9.78 Å². The number of carboxylic acid groups (broad SMARTS) is 1. The van der Waals surface area contributed by atoms with Crippen molar-refractivity contribution in [3.8, 4) is 0 Å². The minimum atomic E-state index is -0.974. The van der Waals surface area contributed by atoms with E-state index in [1.807, 2.05) is 0 Å². The van der Waals surface area contributed by atoms with E-state index in [0.29, 0.717) is 5.56 Å². The van der Waals surface area contributed by atoms with Crippen molar-refractivity contribution in [2.24, 2.45) is 0 Å². The van der Waals surface area contributed by atoms with Crippen LogP contribution < -0.4 is 0 Å². The van der Waals surface area contributed by atoms with Gasteiger partial charge in [0.25, 0.3) is 0 Å². The van der Waals surface area contributed by atoms with Gasteiger partial charge in [-0.15, -0.1) is 0 Å². The third kappa shape index (κ3) is 2.33. The molecule has 1 heterocycles. The first-order chi connectivity index (χ1) is 4.72. The third-order valence-corrected chi connectivity index (χ3v) is 1.21. The Labute approximate surface area is 74.9 Å². The van der Waals surface area contributed by atoms with E-state index in [1.54, 1.807) is 19.1 Å². The molecule has 61 valence electrons. The molecule has 0 fully saturated rings. The molecule has 0 aliphatic rings. The molecule has 0 saturated carbocycles. The minimum Gasteiger partial charge on any atom is -0.477 e. The zero-order valence-corrected chi connectivity index (χ0v) is 6.78. The molecule has 1 rings (SSSR count).